The topological polar surface area (TPSA) is 52.9 Å². The van der Waals surface area contributed by atoms with Crippen molar-refractivity contribution in [1.82, 2.24) is 5.32 Å². The maximum atomic E-state index is 11.3. The van der Waals surface area contributed by atoms with Crippen molar-refractivity contribution in [2.75, 3.05) is 0 Å². The number of benzene rings is 1. The van der Waals surface area contributed by atoms with Gasteiger partial charge < -0.3 is 0 Å². The number of hydrogen-bond donors (Lipinski definition) is 1. The van der Waals surface area contributed by atoms with E-state index in [1.54, 1.807) is 12.3 Å². The van der Waals surface area contributed by atoms with Gasteiger partial charge in [-0.05, 0) is 24.6 Å². The Kier molecular flexibility index (Phi) is 3.04. The van der Waals surface area contributed by atoms with Crippen LogP contribution in [0, 0.1) is 18.4 Å². The Balaban J connectivity index is 3.07. The zero-order valence-electron chi connectivity index (χ0n) is 6.97. The molecule has 0 aliphatic rings. The fourth-order valence-electron chi connectivity index (χ4n) is 0.957. The molecule has 0 saturated carbocycles. The van der Waals surface area contributed by atoms with Gasteiger partial charge in [-0.2, -0.15) is 5.26 Å². The van der Waals surface area contributed by atoms with Crippen LogP contribution in [0.2, 0.25) is 0 Å². The summed E-state index contributed by atoms with van der Waals surface area (Å²) in [6.07, 6.45) is 1.60. The minimum Gasteiger partial charge on any atom is -0.268 e. The van der Waals surface area contributed by atoms with Gasteiger partial charge in [0.25, 0.3) is 5.91 Å². The number of rotatable bonds is 1. The first-order valence-electron chi connectivity index (χ1n) is 3.60. The van der Waals surface area contributed by atoms with Gasteiger partial charge in [-0.25, -0.2) is 0 Å². The maximum absolute atomic E-state index is 11.3. The second-order valence-electron chi connectivity index (χ2n) is 2.53. The highest BCUT2D eigenvalue weighted by Gasteiger charge is 2.07. The number of carbonyl (C=O) groups is 1. The van der Waals surface area contributed by atoms with E-state index < -0.39 is 0 Å². The molecule has 0 unspecified atom stereocenters. The van der Waals surface area contributed by atoms with Crippen molar-refractivity contribution in [3.63, 3.8) is 0 Å². The molecule has 1 aromatic rings. The van der Waals surface area contributed by atoms with Crippen molar-refractivity contribution in [1.29, 1.82) is 5.26 Å². The molecular formula is C9H7BrN2O. The van der Waals surface area contributed by atoms with E-state index in [4.69, 9.17) is 5.26 Å². The molecule has 0 aliphatic carbocycles. The number of nitriles is 1. The molecule has 3 nitrogen and oxygen atoms in total. The molecule has 1 aromatic carbocycles. The first-order valence-corrected chi connectivity index (χ1v) is 4.40. The fraction of sp³-hybridized carbons (Fsp3) is 0.111. The van der Waals surface area contributed by atoms with Crippen LogP contribution in [0.15, 0.2) is 22.7 Å². The highest BCUT2D eigenvalue weighted by Crippen LogP contribution is 2.15. The summed E-state index contributed by atoms with van der Waals surface area (Å²) < 4.78 is 0.821. The second-order valence-corrected chi connectivity index (χ2v) is 3.44. The number of nitrogens with one attached hydrogen (secondary N) is 1. The van der Waals surface area contributed by atoms with Gasteiger partial charge in [0.1, 0.15) is 0 Å². The van der Waals surface area contributed by atoms with Crippen LogP contribution in [0.5, 0.6) is 0 Å². The first-order chi connectivity index (χ1) is 6.15. The molecule has 0 radical (unpaired) electrons. The van der Waals surface area contributed by atoms with Gasteiger partial charge in [0.05, 0.1) is 0 Å². The highest BCUT2D eigenvalue weighted by molar-refractivity contribution is 9.10. The normalized spacial score (nSPS) is 9.00. The Morgan fingerprint density at radius 1 is 1.62 bits per heavy atom. The lowest BCUT2D eigenvalue weighted by molar-refractivity contribution is 0.0972. The number of carbonyl (C=O) groups excluding carboxylic acids is 1. The molecule has 0 aromatic heterocycles. The van der Waals surface area contributed by atoms with Crippen LogP contribution in [0.25, 0.3) is 0 Å². The third-order valence-corrected chi connectivity index (χ3v) is 2.11. The molecule has 0 spiro atoms. The molecule has 1 N–H and O–H groups in total. The Morgan fingerprint density at radius 3 is 2.92 bits per heavy atom. The molecule has 4 heteroatoms. The zero-order valence-corrected chi connectivity index (χ0v) is 8.55. The second kappa shape index (κ2) is 4.06. The largest absolute Gasteiger partial charge is 0.268 e. The summed E-state index contributed by atoms with van der Waals surface area (Å²) in [5.74, 6) is -0.374. The molecule has 66 valence electrons. The van der Waals surface area contributed by atoms with E-state index in [1.807, 2.05) is 19.1 Å². The Labute approximate surface area is 84.5 Å². The summed E-state index contributed by atoms with van der Waals surface area (Å²) in [4.78, 5) is 11.3. The quantitative estimate of drug-likeness (QED) is 0.601. The number of aryl methyl sites for hydroxylation is 1. The van der Waals surface area contributed by atoms with Crippen molar-refractivity contribution in [2.24, 2.45) is 0 Å². The van der Waals surface area contributed by atoms with E-state index in [1.165, 1.54) is 0 Å². The monoisotopic (exact) mass is 238 g/mol. The predicted molar refractivity (Wildman–Crippen MR) is 52.0 cm³/mol. The van der Waals surface area contributed by atoms with Crippen molar-refractivity contribution in [3.8, 4) is 6.19 Å². The van der Waals surface area contributed by atoms with E-state index >= 15 is 0 Å². The molecule has 13 heavy (non-hydrogen) atoms. The van der Waals surface area contributed by atoms with Crippen molar-refractivity contribution < 1.29 is 4.79 Å². The SMILES string of the molecule is Cc1ccc(Br)cc1C(=O)NC#N. The molecule has 0 saturated heterocycles. The van der Waals surface area contributed by atoms with Crippen LogP contribution in [0.4, 0.5) is 0 Å². The molecule has 0 heterocycles. The summed E-state index contributed by atoms with van der Waals surface area (Å²) >= 11 is 3.25. The Hall–Kier alpha value is -1.34. The van der Waals surface area contributed by atoms with Crippen molar-refractivity contribution >= 4 is 21.8 Å². The fourth-order valence-corrected chi connectivity index (χ4v) is 1.32. The number of halogens is 1. The standard InChI is InChI=1S/C9H7BrN2O/c1-6-2-3-7(10)4-8(6)9(13)12-5-11/h2-4H,1H3,(H,12,13). The first kappa shape index (κ1) is 9.75. The minimum absolute atomic E-state index is 0.374. The molecule has 0 atom stereocenters. The van der Waals surface area contributed by atoms with Gasteiger partial charge in [0.15, 0.2) is 6.19 Å². The summed E-state index contributed by atoms with van der Waals surface area (Å²) in [5, 5.41) is 10.3. The van der Waals surface area contributed by atoms with Gasteiger partial charge in [-0.3, -0.25) is 10.1 Å². The Bertz CT molecular complexity index is 382. The van der Waals surface area contributed by atoms with Gasteiger partial charge in [0, 0.05) is 10.0 Å². The van der Waals surface area contributed by atoms with Gasteiger partial charge in [0.2, 0.25) is 0 Å². The molecular weight excluding hydrogens is 232 g/mol. The smallest absolute Gasteiger partial charge is 0.264 e. The lowest BCUT2D eigenvalue weighted by atomic mass is 10.1. The van der Waals surface area contributed by atoms with Crippen LogP contribution in [0.3, 0.4) is 0 Å². The van der Waals surface area contributed by atoms with Crippen LogP contribution >= 0.6 is 15.9 Å². The van der Waals surface area contributed by atoms with Crippen LogP contribution in [-0.4, -0.2) is 5.91 Å². The lowest BCUT2D eigenvalue weighted by Gasteiger charge is -2.02. The average Bonchev–Trinajstić information content (AvgIpc) is 2.09. The maximum Gasteiger partial charge on any atom is 0.264 e. The average molecular weight is 239 g/mol. The third kappa shape index (κ3) is 2.30. The van der Waals surface area contributed by atoms with Gasteiger partial charge in [-0.1, -0.05) is 22.0 Å². The van der Waals surface area contributed by atoms with Gasteiger partial charge in [-0.15, -0.1) is 0 Å². The van der Waals surface area contributed by atoms with E-state index in [-0.39, 0.29) is 5.91 Å². The van der Waals surface area contributed by atoms with E-state index in [9.17, 15) is 4.79 Å². The summed E-state index contributed by atoms with van der Waals surface area (Å²) in [6, 6.07) is 5.34. The number of hydrogen-bond acceptors (Lipinski definition) is 2. The van der Waals surface area contributed by atoms with Crippen molar-refractivity contribution in [2.45, 2.75) is 6.92 Å². The van der Waals surface area contributed by atoms with Crippen molar-refractivity contribution in [3.05, 3.63) is 33.8 Å². The van der Waals surface area contributed by atoms with E-state index in [0.717, 1.165) is 10.0 Å². The molecule has 0 aliphatic heterocycles. The summed E-state index contributed by atoms with van der Waals surface area (Å²) in [6.45, 7) is 1.82. The molecule has 1 amide bonds. The third-order valence-electron chi connectivity index (χ3n) is 1.61. The summed E-state index contributed by atoms with van der Waals surface area (Å²) in [7, 11) is 0. The van der Waals surface area contributed by atoms with Crippen LogP contribution < -0.4 is 5.32 Å². The lowest BCUT2D eigenvalue weighted by Crippen LogP contribution is -2.18. The molecule has 0 fully saturated rings. The predicted octanol–water partition coefficient (Wildman–Crippen LogP) is 1.97. The number of nitrogens with zero attached hydrogens (tertiary/aromatic N) is 1. The molecule has 1 rings (SSSR count). The zero-order chi connectivity index (χ0) is 9.84. The highest BCUT2D eigenvalue weighted by atomic mass is 79.9. The van der Waals surface area contributed by atoms with Crippen LogP contribution in [0.1, 0.15) is 15.9 Å². The minimum atomic E-state index is -0.374. The van der Waals surface area contributed by atoms with Gasteiger partial charge >= 0.3 is 0 Å². The summed E-state index contributed by atoms with van der Waals surface area (Å²) in [5.41, 5.74) is 1.35. The Morgan fingerprint density at radius 2 is 2.31 bits per heavy atom. The van der Waals surface area contributed by atoms with E-state index in [0.29, 0.717) is 5.56 Å². The van der Waals surface area contributed by atoms with E-state index in [2.05, 4.69) is 21.2 Å². The molecule has 0 bridgehead atoms. The van der Waals surface area contributed by atoms with Crippen LogP contribution in [-0.2, 0) is 0 Å². The number of amides is 1.